The summed E-state index contributed by atoms with van der Waals surface area (Å²) in [4.78, 5) is 24.1. The van der Waals surface area contributed by atoms with E-state index in [-0.39, 0.29) is 24.8 Å². The molecule has 3 unspecified atom stereocenters. The summed E-state index contributed by atoms with van der Waals surface area (Å²) in [7, 11) is 0. The first kappa shape index (κ1) is 13.9. The maximum Gasteiger partial charge on any atom is 0.326 e. The van der Waals surface area contributed by atoms with E-state index in [1.807, 2.05) is 13.8 Å². The number of likely N-dealkylation sites (tertiary alicyclic amines) is 1. The topological polar surface area (TPSA) is 104 Å². The molecule has 1 aliphatic heterocycles. The lowest BCUT2D eigenvalue weighted by atomic mass is 10.0. The molecule has 1 fully saturated rings. The number of carboxylic acids is 1. The number of carboxylic acid groups (broad SMARTS) is 1. The van der Waals surface area contributed by atoms with E-state index >= 15 is 0 Å². The second kappa shape index (κ2) is 5.46. The molecule has 6 nitrogen and oxygen atoms in total. The number of carbonyl (C=O) groups is 2. The van der Waals surface area contributed by atoms with Gasteiger partial charge in [0, 0.05) is 13.0 Å². The molecular formula is C11H20N2O4. The van der Waals surface area contributed by atoms with Crippen molar-refractivity contribution in [2.24, 2.45) is 11.7 Å². The van der Waals surface area contributed by atoms with Gasteiger partial charge in [-0.25, -0.2) is 4.79 Å². The minimum atomic E-state index is -1.09. The highest BCUT2D eigenvalue weighted by molar-refractivity contribution is 5.87. The van der Waals surface area contributed by atoms with Gasteiger partial charge in [0.1, 0.15) is 6.04 Å². The molecule has 17 heavy (non-hydrogen) atoms. The smallest absolute Gasteiger partial charge is 0.326 e. The predicted molar refractivity (Wildman–Crippen MR) is 61.2 cm³/mol. The molecule has 0 aromatic heterocycles. The molecule has 0 aromatic carbocycles. The van der Waals surface area contributed by atoms with Gasteiger partial charge in [-0.05, 0) is 12.3 Å². The molecule has 98 valence electrons. The summed E-state index contributed by atoms with van der Waals surface area (Å²) in [5.74, 6) is -1.21. The fourth-order valence-electron chi connectivity index (χ4n) is 2.11. The van der Waals surface area contributed by atoms with Crippen LogP contribution in [-0.2, 0) is 9.59 Å². The van der Waals surface area contributed by atoms with E-state index < -0.39 is 24.2 Å². The van der Waals surface area contributed by atoms with E-state index in [4.69, 9.17) is 10.8 Å². The number of hydrogen-bond donors (Lipinski definition) is 3. The van der Waals surface area contributed by atoms with Gasteiger partial charge in [-0.1, -0.05) is 13.8 Å². The number of rotatable bonds is 4. The van der Waals surface area contributed by atoms with Crippen LogP contribution in [0.15, 0.2) is 0 Å². The third kappa shape index (κ3) is 3.41. The minimum absolute atomic E-state index is 0.0571. The number of amides is 1. The molecule has 0 aromatic rings. The second-order valence-corrected chi connectivity index (χ2v) is 4.97. The Morgan fingerprint density at radius 2 is 2.06 bits per heavy atom. The summed E-state index contributed by atoms with van der Waals surface area (Å²) in [6.07, 6.45) is -0.181. The first-order chi connectivity index (χ1) is 7.82. The number of aliphatic hydroxyl groups excluding tert-OH is 1. The van der Waals surface area contributed by atoms with Gasteiger partial charge in [0.25, 0.3) is 0 Å². The summed E-state index contributed by atoms with van der Waals surface area (Å²) in [6, 6.07) is -1.64. The Hall–Kier alpha value is -1.14. The SMILES string of the molecule is CC(C)CC(N)C(=O)N1CC(O)CC1C(=O)O. The Labute approximate surface area is 100 Å². The first-order valence-electron chi connectivity index (χ1n) is 5.79. The maximum atomic E-state index is 12.0. The van der Waals surface area contributed by atoms with E-state index in [0.29, 0.717) is 6.42 Å². The van der Waals surface area contributed by atoms with Gasteiger partial charge < -0.3 is 20.8 Å². The van der Waals surface area contributed by atoms with Crippen LogP contribution in [0.5, 0.6) is 0 Å². The third-order valence-electron chi connectivity index (χ3n) is 2.89. The summed E-state index contributed by atoms with van der Waals surface area (Å²) in [5, 5.41) is 18.4. The average Bonchev–Trinajstić information content (AvgIpc) is 2.58. The van der Waals surface area contributed by atoms with Gasteiger partial charge in [0.05, 0.1) is 12.1 Å². The number of carbonyl (C=O) groups excluding carboxylic acids is 1. The number of nitrogens with two attached hydrogens (primary N) is 1. The maximum absolute atomic E-state index is 12.0. The normalized spacial score (nSPS) is 26.3. The van der Waals surface area contributed by atoms with E-state index in [2.05, 4.69) is 0 Å². The Morgan fingerprint density at radius 1 is 1.47 bits per heavy atom. The van der Waals surface area contributed by atoms with Crippen molar-refractivity contribution in [3.63, 3.8) is 0 Å². The number of aliphatic hydroxyl groups is 1. The largest absolute Gasteiger partial charge is 0.480 e. The van der Waals surface area contributed by atoms with Gasteiger partial charge >= 0.3 is 5.97 Å². The zero-order chi connectivity index (χ0) is 13.2. The molecule has 4 N–H and O–H groups in total. The van der Waals surface area contributed by atoms with Crippen LogP contribution in [0, 0.1) is 5.92 Å². The summed E-state index contributed by atoms with van der Waals surface area (Å²) >= 11 is 0. The molecule has 1 aliphatic rings. The first-order valence-corrected chi connectivity index (χ1v) is 5.79. The molecule has 1 amide bonds. The Morgan fingerprint density at radius 3 is 2.53 bits per heavy atom. The molecule has 0 aliphatic carbocycles. The fourth-order valence-corrected chi connectivity index (χ4v) is 2.11. The number of hydrogen-bond acceptors (Lipinski definition) is 4. The van der Waals surface area contributed by atoms with Crippen molar-refractivity contribution in [3.05, 3.63) is 0 Å². The number of β-amino-alcohol motifs (C(OH)–C–C–N with tert-alkyl or cyclic N) is 1. The van der Waals surface area contributed by atoms with Crippen molar-refractivity contribution >= 4 is 11.9 Å². The predicted octanol–water partition coefficient (Wildman–Crippen LogP) is -0.594. The highest BCUT2D eigenvalue weighted by Crippen LogP contribution is 2.20. The van der Waals surface area contributed by atoms with Crippen LogP contribution in [0.1, 0.15) is 26.7 Å². The molecule has 1 saturated heterocycles. The van der Waals surface area contributed by atoms with Crippen molar-refractivity contribution in [1.82, 2.24) is 4.90 Å². The van der Waals surface area contributed by atoms with Gasteiger partial charge in [0.15, 0.2) is 0 Å². The van der Waals surface area contributed by atoms with E-state index in [1.54, 1.807) is 0 Å². The van der Waals surface area contributed by atoms with Gasteiger partial charge in [0.2, 0.25) is 5.91 Å². The molecule has 3 atom stereocenters. The summed E-state index contributed by atoms with van der Waals surface area (Å²) in [6.45, 7) is 3.95. The monoisotopic (exact) mass is 244 g/mol. The van der Waals surface area contributed by atoms with Crippen LogP contribution in [0.2, 0.25) is 0 Å². The highest BCUT2D eigenvalue weighted by Gasteiger charge is 2.40. The van der Waals surface area contributed by atoms with Crippen molar-refractivity contribution in [2.45, 2.75) is 44.9 Å². The van der Waals surface area contributed by atoms with E-state index in [9.17, 15) is 14.7 Å². The van der Waals surface area contributed by atoms with Gasteiger partial charge in [-0.2, -0.15) is 0 Å². The van der Waals surface area contributed by atoms with Crippen molar-refractivity contribution in [2.75, 3.05) is 6.54 Å². The second-order valence-electron chi connectivity index (χ2n) is 4.97. The average molecular weight is 244 g/mol. The van der Waals surface area contributed by atoms with Gasteiger partial charge in [-0.15, -0.1) is 0 Å². The lowest BCUT2D eigenvalue weighted by molar-refractivity contribution is -0.148. The third-order valence-corrected chi connectivity index (χ3v) is 2.89. The summed E-state index contributed by atoms with van der Waals surface area (Å²) < 4.78 is 0. The Bertz CT molecular complexity index is 306. The Balaban J connectivity index is 2.70. The molecule has 6 heteroatoms. The quantitative estimate of drug-likeness (QED) is 0.613. The fraction of sp³-hybridized carbons (Fsp3) is 0.818. The minimum Gasteiger partial charge on any atom is -0.480 e. The van der Waals surface area contributed by atoms with Crippen LogP contribution >= 0.6 is 0 Å². The van der Waals surface area contributed by atoms with Crippen molar-refractivity contribution < 1.29 is 19.8 Å². The van der Waals surface area contributed by atoms with Gasteiger partial charge in [-0.3, -0.25) is 4.79 Å². The van der Waals surface area contributed by atoms with Crippen molar-refractivity contribution in [3.8, 4) is 0 Å². The van der Waals surface area contributed by atoms with E-state index in [1.165, 1.54) is 4.90 Å². The van der Waals surface area contributed by atoms with Crippen LogP contribution in [0.25, 0.3) is 0 Å². The molecular weight excluding hydrogens is 224 g/mol. The molecule has 0 spiro atoms. The van der Waals surface area contributed by atoms with Crippen LogP contribution < -0.4 is 5.73 Å². The van der Waals surface area contributed by atoms with Crippen LogP contribution in [0.4, 0.5) is 0 Å². The summed E-state index contributed by atoms with van der Waals surface area (Å²) in [5.41, 5.74) is 5.74. The zero-order valence-corrected chi connectivity index (χ0v) is 10.2. The molecule has 0 saturated carbocycles. The van der Waals surface area contributed by atoms with E-state index in [0.717, 1.165) is 0 Å². The lowest BCUT2D eigenvalue weighted by Crippen LogP contribution is -2.49. The number of nitrogens with zero attached hydrogens (tertiary/aromatic N) is 1. The highest BCUT2D eigenvalue weighted by atomic mass is 16.4. The number of aliphatic carboxylic acids is 1. The molecule has 1 rings (SSSR count). The lowest BCUT2D eigenvalue weighted by Gasteiger charge is -2.25. The molecule has 0 bridgehead atoms. The Kier molecular flexibility index (Phi) is 4.47. The van der Waals surface area contributed by atoms with Crippen LogP contribution in [-0.4, -0.2) is 51.7 Å². The standard InChI is InChI=1S/C11H20N2O4/c1-6(2)3-8(12)10(15)13-5-7(14)4-9(13)11(16)17/h6-9,14H,3-5,12H2,1-2H3,(H,16,17). The van der Waals surface area contributed by atoms with Crippen LogP contribution in [0.3, 0.4) is 0 Å². The zero-order valence-electron chi connectivity index (χ0n) is 10.2. The molecule has 1 heterocycles. The molecule has 0 radical (unpaired) electrons. The van der Waals surface area contributed by atoms with Crippen molar-refractivity contribution in [1.29, 1.82) is 0 Å².